The zero-order valence-corrected chi connectivity index (χ0v) is 22.5. The fraction of sp³-hybridized carbons (Fsp3) is 0.250. The van der Waals surface area contributed by atoms with Gasteiger partial charge in [-0.15, -0.1) is 0 Å². The highest BCUT2D eigenvalue weighted by atomic mass is 35.5. The molecule has 5 nitrogen and oxygen atoms in total. The van der Waals surface area contributed by atoms with Crippen LogP contribution in [0.15, 0.2) is 97.1 Å². The largest absolute Gasteiger partial charge is 0.483 e. The van der Waals surface area contributed by atoms with E-state index < -0.39 is 6.04 Å². The first-order valence-electron chi connectivity index (χ1n) is 12.9. The number of halogens is 1. The number of amides is 2. The Morgan fingerprint density at radius 1 is 0.868 bits per heavy atom. The second kappa shape index (κ2) is 13.1. The number of ether oxygens (including phenoxy) is 1. The Morgan fingerprint density at radius 3 is 2.29 bits per heavy atom. The van der Waals surface area contributed by atoms with E-state index in [0.717, 1.165) is 28.3 Å². The zero-order valence-electron chi connectivity index (χ0n) is 21.8. The molecule has 0 heterocycles. The lowest BCUT2D eigenvalue weighted by atomic mass is 10.0. The Labute approximate surface area is 229 Å². The summed E-state index contributed by atoms with van der Waals surface area (Å²) in [7, 11) is 0. The summed E-state index contributed by atoms with van der Waals surface area (Å²) in [5, 5.41) is 5.66. The predicted octanol–water partition coefficient (Wildman–Crippen LogP) is 6.43. The molecular formula is C32H33ClN2O3. The number of carbonyl (C=O) groups excluding carboxylic acids is 2. The van der Waals surface area contributed by atoms with E-state index in [-0.39, 0.29) is 31.0 Å². The molecule has 4 aromatic carbocycles. The van der Waals surface area contributed by atoms with Crippen molar-refractivity contribution in [2.45, 2.75) is 45.3 Å². The molecule has 0 fully saturated rings. The van der Waals surface area contributed by atoms with Crippen molar-refractivity contribution in [1.82, 2.24) is 10.2 Å². The minimum Gasteiger partial charge on any atom is -0.483 e. The van der Waals surface area contributed by atoms with Crippen molar-refractivity contribution in [3.05, 3.63) is 113 Å². The molecule has 0 saturated carbocycles. The number of rotatable bonds is 11. The molecule has 4 aromatic rings. The van der Waals surface area contributed by atoms with E-state index in [2.05, 4.69) is 5.32 Å². The quantitative estimate of drug-likeness (QED) is 0.244. The summed E-state index contributed by atoms with van der Waals surface area (Å²) in [5.41, 5.74) is 1.85. The molecule has 0 saturated heterocycles. The smallest absolute Gasteiger partial charge is 0.261 e. The molecular weight excluding hydrogens is 496 g/mol. The third kappa shape index (κ3) is 7.14. The number of nitrogens with zero attached hydrogens (tertiary/aromatic N) is 1. The molecule has 2 amide bonds. The maximum atomic E-state index is 13.8. The molecule has 0 unspecified atom stereocenters. The van der Waals surface area contributed by atoms with Crippen molar-refractivity contribution in [2.24, 2.45) is 0 Å². The molecule has 38 heavy (non-hydrogen) atoms. The topological polar surface area (TPSA) is 58.6 Å². The Hall–Kier alpha value is -3.83. The summed E-state index contributed by atoms with van der Waals surface area (Å²) < 4.78 is 6.06. The first kappa shape index (κ1) is 27.2. The van der Waals surface area contributed by atoms with E-state index in [4.69, 9.17) is 16.3 Å². The first-order chi connectivity index (χ1) is 18.4. The van der Waals surface area contributed by atoms with E-state index in [0.29, 0.717) is 17.2 Å². The lowest BCUT2D eigenvalue weighted by Crippen LogP contribution is -2.53. The number of hydrogen-bond acceptors (Lipinski definition) is 3. The van der Waals surface area contributed by atoms with Crippen LogP contribution < -0.4 is 10.1 Å². The average Bonchev–Trinajstić information content (AvgIpc) is 2.95. The summed E-state index contributed by atoms with van der Waals surface area (Å²) in [4.78, 5) is 29.0. The van der Waals surface area contributed by atoms with Gasteiger partial charge in [-0.2, -0.15) is 0 Å². The van der Waals surface area contributed by atoms with Crippen LogP contribution >= 0.6 is 11.6 Å². The van der Waals surface area contributed by atoms with Crippen LogP contribution in [0.1, 0.15) is 31.4 Å². The minimum absolute atomic E-state index is 0.0137. The van der Waals surface area contributed by atoms with Crippen LogP contribution in [0.2, 0.25) is 5.02 Å². The summed E-state index contributed by atoms with van der Waals surface area (Å²) in [6.07, 6.45) is 1.18. The standard InChI is InChI=1S/C32H33ClN2O3/c1-3-23(2)34-32(37)29(20-24-10-5-4-6-11-24)35(21-25-16-18-27(33)19-17-25)31(36)22-38-30-15-9-13-26-12-7-8-14-28(26)30/h4-19,23,29H,3,20-22H2,1-2H3,(H,34,37)/t23-,29+/m1/s1. The molecule has 2 atom stereocenters. The van der Waals surface area contributed by atoms with Crippen molar-refractivity contribution >= 4 is 34.2 Å². The van der Waals surface area contributed by atoms with Crippen LogP contribution in [0.5, 0.6) is 5.75 Å². The van der Waals surface area contributed by atoms with Crippen LogP contribution in [0, 0.1) is 0 Å². The highest BCUT2D eigenvalue weighted by Gasteiger charge is 2.31. The van der Waals surface area contributed by atoms with Gasteiger partial charge in [0.2, 0.25) is 5.91 Å². The van der Waals surface area contributed by atoms with E-state index in [1.165, 1.54) is 0 Å². The van der Waals surface area contributed by atoms with E-state index in [1.807, 2.05) is 98.8 Å². The van der Waals surface area contributed by atoms with Crippen LogP contribution in [-0.4, -0.2) is 35.4 Å². The summed E-state index contributed by atoms with van der Waals surface area (Å²) >= 11 is 6.10. The lowest BCUT2D eigenvalue weighted by Gasteiger charge is -2.32. The van der Waals surface area contributed by atoms with Crippen molar-refractivity contribution in [3.8, 4) is 5.75 Å². The molecule has 0 aliphatic carbocycles. The minimum atomic E-state index is -0.717. The third-order valence-corrected chi connectivity index (χ3v) is 6.89. The highest BCUT2D eigenvalue weighted by Crippen LogP contribution is 2.25. The van der Waals surface area contributed by atoms with E-state index >= 15 is 0 Å². The molecule has 0 radical (unpaired) electrons. The summed E-state index contributed by atoms with van der Waals surface area (Å²) in [5.74, 6) is 0.176. The molecule has 0 aliphatic rings. The normalized spacial score (nSPS) is 12.5. The van der Waals surface area contributed by atoms with Gasteiger partial charge in [0.05, 0.1) is 0 Å². The van der Waals surface area contributed by atoms with E-state index in [1.54, 1.807) is 17.0 Å². The van der Waals surface area contributed by atoms with Crippen LogP contribution in [0.4, 0.5) is 0 Å². The fourth-order valence-corrected chi connectivity index (χ4v) is 4.45. The monoisotopic (exact) mass is 528 g/mol. The van der Waals surface area contributed by atoms with Gasteiger partial charge < -0.3 is 15.0 Å². The van der Waals surface area contributed by atoms with Crippen molar-refractivity contribution in [2.75, 3.05) is 6.61 Å². The molecule has 0 bridgehead atoms. The predicted molar refractivity (Wildman–Crippen MR) is 153 cm³/mol. The molecule has 1 N–H and O–H groups in total. The van der Waals surface area contributed by atoms with Gasteiger partial charge in [-0.1, -0.05) is 97.4 Å². The maximum absolute atomic E-state index is 13.8. The number of fused-ring (bicyclic) bond motifs is 1. The van der Waals surface area contributed by atoms with Crippen molar-refractivity contribution in [1.29, 1.82) is 0 Å². The SMILES string of the molecule is CC[C@@H](C)NC(=O)[C@H](Cc1ccccc1)N(Cc1ccc(Cl)cc1)C(=O)COc1cccc2ccccc12. The van der Waals surface area contributed by atoms with Gasteiger partial charge in [-0.25, -0.2) is 0 Å². The highest BCUT2D eigenvalue weighted by molar-refractivity contribution is 6.30. The van der Waals surface area contributed by atoms with Crippen LogP contribution in [0.3, 0.4) is 0 Å². The number of hydrogen-bond donors (Lipinski definition) is 1. The number of carbonyl (C=O) groups is 2. The van der Waals surface area contributed by atoms with Gasteiger partial charge in [-0.3, -0.25) is 9.59 Å². The van der Waals surface area contributed by atoms with Crippen molar-refractivity contribution in [3.63, 3.8) is 0 Å². The van der Waals surface area contributed by atoms with Gasteiger partial charge in [0.25, 0.3) is 5.91 Å². The van der Waals surface area contributed by atoms with Crippen LogP contribution in [-0.2, 0) is 22.6 Å². The second-order valence-corrected chi connectivity index (χ2v) is 9.87. The Morgan fingerprint density at radius 2 is 1.55 bits per heavy atom. The third-order valence-electron chi connectivity index (χ3n) is 6.64. The van der Waals surface area contributed by atoms with Gasteiger partial charge >= 0.3 is 0 Å². The second-order valence-electron chi connectivity index (χ2n) is 9.44. The molecule has 0 aromatic heterocycles. The summed E-state index contributed by atoms with van der Waals surface area (Å²) in [6, 6.07) is 30.0. The fourth-order valence-electron chi connectivity index (χ4n) is 4.33. The zero-order chi connectivity index (χ0) is 26.9. The molecule has 6 heteroatoms. The molecule has 0 aliphatic heterocycles. The Bertz CT molecular complexity index is 1350. The maximum Gasteiger partial charge on any atom is 0.261 e. The molecule has 4 rings (SSSR count). The van der Waals surface area contributed by atoms with Gasteiger partial charge in [0.15, 0.2) is 6.61 Å². The van der Waals surface area contributed by atoms with Gasteiger partial charge in [-0.05, 0) is 48.1 Å². The molecule has 196 valence electrons. The Kier molecular flexibility index (Phi) is 9.39. The number of benzene rings is 4. The number of nitrogens with one attached hydrogen (secondary N) is 1. The first-order valence-corrected chi connectivity index (χ1v) is 13.3. The van der Waals surface area contributed by atoms with Crippen molar-refractivity contribution < 1.29 is 14.3 Å². The van der Waals surface area contributed by atoms with Gasteiger partial charge in [0.1, 0.15) is 11.8 Å². The summed E-state index contributed by atoms with van der Waals surface area (Å²) in [6.45, 7) is 4.04. The average molecular weight is 529 g/mol. The molecule has 0 spiro atoms. The van der Waals surface area contributed by atoms with Gasteiger partial charge in [0, 0.05) is 29.4 Å². The van der Waals surface area contributed by atoms with Crippen LogP contribution in [0.25, 0.3) is 10.8 Å². The van der Waals surface area contributed by atoms with E-state index in [9.17, 15) is 9.59 Å². The Balaban J connectivity index is 1.64. The lowest BCUT2D eigenvalue weighted by molar-refractivity contribution is -0.143.